The maximum Gasteiger partial charge on any atom is 0.274 e. The number of ether oxygens (including phenoxy) is 1. The number of hydrogen-bond acceptors (Lipinski definition) is 5. The summed E-state index contributed by atoms with van der Waals surface area (Å²) in [5, 5.41) is 15.6. The number of nitrogens with zero attached hydrogens (tertiary/aromatic N) is 2. The number of nitro groups is 1. The van der Waals surface area contributed by atoms with Gasteiger partial charge in [0.25, 0.3) is 5.69 Å². The van der Waals surface area contributed by atoms with Crippen molar-refractivity contribution in [2.75, 3.05) is 12.4 Å². The third-order valence-corrected chi connectivity index (χ3v) is 4.35. The summed E-state index contributed by atoms with van der Waals surface area (Å²) in [6.45, 7) is 2.13. The summed E-state index contributed by atoms with van der Waals surface area (Å²) in [5.41, 5.74) is 2.92. The lowest BCUT2D eigenvalue weighted by molar-refractivity contribution is -0.385. The van der Waals surface area contributed by atoms with Gasteiger partial charge >= 0.3 is 0 Å². The molecule has 0 aliphatic heterocycles. The fourth-order valence-corrected chi connectivity index (χ4v) is 2.83. The van der Waals surface area contributed by atoms with Crippen molar-refractivity contribution in [3.05, 3.63) is 68.9 Å². The topological polar surface area (TPSA) is 77.3 Å². The van der Waals surface area contributed by atoms with E-state index in [1.807, 2.05) is 24.3 Å². The normalized spacial score (nSPS) is 10.7. The maximum absolute atomic E-state index is 11.0. The number of aromatic nitrogens is 1. The average molecular weight is 358 g/mol. The third-order valence-electron chi connectivity index (χ3n) is 4.02. The van der Waals surface area contributed by atoms with E-state index in [0.717, 1.165) is 16.5 Å². The predicted octanol–water partition coefficient (Wildman–Crippen LogP) is 4.73. The summed E-state index contributed by atoms with van der Waals surface area (Å²) in [5.74, 6) is 0.717. The first-order valence-corrected chi connectivity index (χ1v) is 7.98. The molecular formula is C18H16ClN3O3. The first-order valence-electron chi connectivity index (χ1n) is 7.60. The summed E-state index contributed by atoms with van der Waals surface area (Å²) >= 11 is 6.29. The summed E-state index contributed by atoms with van der Waals surface area (Å²) in [4.78, 5) is 15.0. The van der Waals surface area contributed by atoms with Gasteiger partial charge in [0.05, 0.1) is 17.5 Å². The fourth-order valence-electron chi connectivity index (χ4n) is 2.62. The minimum Gasteiger partial charge on any atom is -0.497 e. The van der Waals surface area contributed by atoms with E-state index < -0.39 is 4.92 Å². The van der Waals surface area contributed by atoms with Crippen LogP contribution in [0.3, 0.4) is 0 Å². The summed E-state index contributed by atoms with van der Waals surface area (Å²) in [6.07, 6.45) is 0. The van der Waals surface area contributed by atoms with Crippen LogP contribution in [0.2, 0.25) is 5.15 Å². The molecule has 3 rings (SSSR count). The van der Waals surface area contributed by atoms with Gasteiger partial charge in [0.2, 0.25) is 0 Å². The van der Waals surface area contributed by atoms with Gasteiger partial charge < -0.3 is 10.1 Å². The highest BCUT2D eigenvalue weighted by atomic mass is 35.5. The number of fused-ring (bicyclic) bond motifs is 1. The van der Waals surface area contributed by atoms with E-state index in [-0.39, 0.29) is 5.69 Å². The van der Waals surface area contributed by atoms with Crippen molar-refractivity contribution in [2.24, 2.45) is 0 Å². The molecule has 6 nitrogen and oxygen atoms in total. The molecule has 0 fully saturated rings. The second kappa shape index (κ2) is 6.94. The lowest BCUT2D eigenvalue weighted by Crippen LogP contribution is -2.04. The molecular weight excluding hydrogens is 342 g/mol. The van der Waals surface area contributed by atoms with Crippen LogP contribution in [-0.4, -0.2) is 17.0 Å². The number of methoxy groups -OCH3 is 1. The minimum atomic E-state index is -0.390. The van der Waals surface area contributed by atoms with Gasteiger partial charge in [-0.3, -0.25) is 10.1 Å². The molecule has 0 unspecified atom stereocenters. The zero-order chi connectivity index (χ0) is 18.0. The Balaban J connectivity index is 1.87. The molecule has 1 N–H and O–H groups in total. The van der Waals surface area contributed by atoms with Crippen molar-refractivity contribution in [3.63, 3.8) is 0 Å². The highest BCUT2D eigenvalue weighted by Gasteiger charge is 2.13. The van der Waals surface area contributed by atoms with Crippen LogP contribution in [-0.2, 0) is 6.54 Å². The molecule has 128 valence electrons. The number of halogens is 1. The monoisotopic (exact) mass is 357 g/mol. The molecule has 1 aromatic heterocycles. The van der Waals surface area contributed by atoms with Crippen LogP contribution in [0.1, 0.15) is 11.1 Å². The Bertz CT molecular complexity index is 960. The first-order chi connectivity index (χ1) is 12.0. The molecule has 0 aliphatic rings. The molecule has 0 amide bonds. The Morgan fingerprint density at radius 3 is 2.80 bits per heavy atom. The first kappa shape index (κ1) is 17.0. The highest BCUT2D eigenvalue weighted by molar-refractivity contribution is 6.30. The van der Waals surface area contributed by atoms with E-state index in [2.05, 4.69) is 10.3 Å². The lowest BCUT2D eigenvalue weighted by Gasteiger charge is -2.11. The number of nitrogens with one attached hydrogen (secondary N) is 1. The second-order valence-electron chi connectivity index (χ2n) is 5.56. The zero-order valence-electron chi connectivity index (χ0n) is 13.7. The van der Waals surface area contributed by atoms with Crippen LogP contribution >= 0.6 is 11.6 Å². The fraction of sp³-hybridized carbons (Fsp3) is 0.167. The predicted molar refractivity (Wildman–Crippen MR) is 98.5 cm³/mol. The largest absolute Gasteiger partial charge is 0.497 e. The van der Waals surface area contributed by atoms with Gasteiger partial charge in [-0.05, 0) is 31.2 Å². The Kier molecular flexibility index (Phi) is 4.72. The molecule has 0 radical (unpaired) electrons. The molecule has 0 spiro atoms. The molecule has 0 bridgehead atoms. The molecule has 7 heteroatoms. The molecule has 25 heavy (non-hydrogen) atoms. The van der Waals surface area contributed by atoms with E-state index in [9.17, 15) is 10.1 Å². The molecule has 1 heterocycles. The van der Waals surface area contributed by atoms with E-state index in [4.69, 9.17) is 16.3 Å². The van der Waals surface area contributed by atoms with Gasteiger partial charge in [-0.2, -0.15) is 0 Å². The number of nitro benzene ring substituents is 1. The van der Waals surface area contributed by atoms with Crippen LogP contribution in [0.4, 0.5) is 11.4 Å². The van der Waals surface area contributed by atoms with Crippen LogP contribution in [0.5, 0.6) is 5.75 Å². The highest BCUT2D eigenvalue weighted by Crippen LogP contribution is 2.28. The van der Waals surface area contributed by atoms with Crippen LogP contribution in [0.25, 0.3) is 10.9 Å². The second-order valence-corrected chi connectivity index (χ2v) is 5.92. The number of hydrogen-bond donors (Lipinski definition) is 1. The Labute approximate surface area is 149 Å². The van der Waals surface area contributed by atoms with Crippen molar-refractivity contribution in [3.8, 4) is 5.75 Å². The van der Waals surface area contributed by atoms with Gasteiger partial charge in [-0.25, -0.2) is 4.98 Å². The van der Waals surface area contributed by atoms with E-state index >= 15 is 0 Å². The van der Waals surface area contributed by atoms with Gasteiger partial charge in [0.15, 0.2) is 0 Å². The average Bonchev–Trinajstić information content (AvgIpc) is 2.60. The smallest absolute Gasteiger partial charge is 0.274 e. The summed E-state index contributed by atoms with van der Waals surface area (Å²) in [6, 6.07) is 12.5. The Morgan fingerprint density at radius 1 is 1.28 bits per heavy atom. The molecule has 0 aliphatic carbocycles. The third kappa shape index (κ3) is 3.49. The van der Waals surface area contributed by atoms with Gasteiger partial charge in [0.1, 0.15) is 10.9 Å². The zero-order valence-corrected chi connectivity index (χ0v) is 14.5. The van der Waals surface area contributed by atoms with Gasteiger partial charge in [-0.1, -0.05) is 17.7 Å². The number of benzene rings is 2. The molecule has 2 aromatic carbocycles. The number of pyridine rings is 1. The SMILES string of the molecule is COc1ccc2cc(CNc3cccc([N+](=O)[O-])c3C)c(Cl)nc2c1. The van der Waals surface area contributed by atoms with E-state index in [1.165, 1.54) is 6.07 Å². The quantitative estimate of drug-likeness (QED) is 0.406. The Morgan fingerprint density at radius 2 is 2.08 bits per heavy atom. The standard InChI is InChI=1S/C18H16ClN3O3/c1-11-15(4-3-5-17(11)22(23)24)20-10-13-8-12-6-7-14(25-2)9-16(12)21-18(13)19/h3-9,20H,10H2,1-2H3. The van der Waals surface area contributed by atoms with Crippen molar-refractivity contribution >= 4 is 33.9 Å². The maximum atomic E-state index is 11.0. The van der Waals surface area contributed by atoms with E-state index in [0.29, 0.717) is 28.7 Å². The Hall–Kier alpha value is -2.86. The van der Waals surface area contributed by atoms with Crippen LogP contribution in [0, 0.1) is 17.0 Å². The van der Waals surface area contributed by atoms with Crippen molar-refractivity contribution in [1.82, 2.24) is 4.98 Å². The number of rotatable bonds is 5. The molecule has 0 atom stereocenters. The van der Waals surface area contributed by atoms with Gasteiger partial charge in [0, 0.05) is 40.9 Å². The minimum absolute atomic E-state index is 0.0832. The molecule has 0 saturated heterocycles. The van der Waals surface area contributed by atoms with Crippen molar-refractivity contribution in [2.45, 2.75) is 13.5 Å². The van der Waals surface area contributed by atoms with Gasteiger partial charge in [-0.15, -0.1) is 0 Å². The van der Waals surface area contributed by atoms with E-state index in [1.54, 1.807) is 26.2 Å². The van der Waals surface area contributed by atoms with Crippen LogP contribution < -0.4 is 10.1 Å². The molecule has 3 aromatic rings. The van der Waals surface area contributed by atoms with Crippen LogP contribution in [0.15, 0.2) is 42.5 Å². The summed E-state index contributed by atoms with van der Waals surface area (Å²) in [7, 11) is 1.60. The van der Waals surface area contributed by atoms with Crippen molar-refractivity contribution in [1.29, 1.82) is 0 Å². The number of anilines is 1. The molecule has 0 saturated carbocycles. The summed E-state index contributed by atoms with van der Waals surface area (Å²) < 4.78 is 5.19. The lowest BCUT2D eigenvalue weighted by atomic mass is 10.1. The van der Waals surface area contributed by atoms with Crippen molar-refractivity contribution < 1.29 is 9.66 Å².